The first-order valence-corrected chi connectivity index (χ1v) is 8.45. The second kappa shape index (κ2) is 5.92. The molecule has 0 unspecified atom stereocenters. The number of para-hydroxylation sites is 1. The molecule has 0 atom stereocenters. The van der Waals surface area contributed by atoms with Gasteiger partial charge in [-0.15, -0.1) is 0 Å². The van der Waals surface area contributed by atoms with Gasteiger partial charge in [0.15, 0.2) is 0 Å². The number of carbonyl (C=O) groups excluding carboxylic acids is 1. The maximum Gasteiger partial charge on any atom is 0.262 e. The second-order valence-electron chi connectivity index (χ2n) is 6.27. The van der Waals surface area contributed by atoms with Crippen LogP contribution in [0.4, 0.5) is 4.39 Å². The highest BCUT2D eigenvalue weighted by molar-refractivity contribution is 6.05. The van der Waals surface area contributed by atoms with E-state index in [1.54, 1.807) is 18.6 Å². The molecule has 0 bridgehead atoms. The molecule has 4 nitrogen and oxygen atoms in total. The van der Waals surface area contributed by atoms with Gasteiger partial charge in [-0.05, 0) is 42.5 Å². The van der Waals surface area contributed by atoms with Gasteiger partial charge in [-0.1, -0.05) is 18.2 Å². The minimum atomic E-state index is -0.377. The van der Waals surface area contributed by atoms with Crippen LogP contribution < -0.4 is 0 Å². The molecule has 0 spiro atoms. The molecular formula is C22H13FN2O2. The van der Waals surface area contributed by atoms with Gasteiger partial charge in [0.1, 0.15) is 17.2 Å². The molecule has 0 N–H and O–H groups in total. The Kier molecular flexibility index (Phi) is 3.40. The van der Waals surface area contributed by atoms with Crippen LogP contribution >= 0.6 is 0 Å². The molecule has 0 amide bonds. The summed E-state index contributed by atoms with van der Waals surface area (Å²) >= 11 is 0. The zero-order valence-electron chi connectivity index (χ0n) is 14.1. The second-order valence-corrected chi connectivity index (χ2v) is 6.27. The number of benzene rings is 2. The van der Waals surface area contributed by atoms with E-state index in [4.69, 9.17) is 4.42 Å². The van der Waals surface area contributed by atoms with E-state index >= 15 is 0 Å². The van der Waals surface area contributed by atoms with Crippen LogP contribution in [0.25, 0.3) is 33.2 Å². The van der Waals surface area contributed by atoms with Crippen molar-refractivity contribution in [2.75, 3.05) is 0 Å². The molecule has 0 saturated carbocycles. The van der Waals surface area contributed by atoms with Crippen LogP contribution in [0.15, 0.2) is 83.7 Å². The van der Waals surface area contributed by atoms with Crippen molar-refractivity contribution in [3.63, 3.8) is 0 Å². The third kappa shape index (κ3) is 2.52. The molecular weight excluding hydrogens is 343 g/mol. The highest BCUT2D eigenvalue weighted by Gasteiger charge is 2.16. The van der Waals surface area contributed by atoms with Crippen LogP contribution in [-0.2, 0) is 0 Å². The van der Waals surface area contributed by atoms with E-state index in [1.165, 1.54) is 28.8 Å². The number of furan rings is 1. The van der Waals surface area contributed by atoms with E-state index in [2.05, 4.69) is 4.98 Å². The Morgan fingerprint density at radius 3 is 2.63 bits per heavy atom. The maximum atomic E-state index is 13.1. The average Bonchev–Trinajstić information content (AvgIpc) is 3.32. The first kappa shape index (κ1) is 15.5. The Morgan fingerprint density at radius 1 is 1.00 bits per heavy atom. The van der Waals surface area contributed by atoms with Crippen LogP contribution in [0.1, 0.15) is 10.4 Å². The van der Waals surface area contributed by atoms with Crippen molar-refractivity contribution in [3.8, 4) is 11.3 Å². The summed E-state index contributed by atoms with van der Waals surface area (Å²) in [6, 6.07) is 17.1. The van der Waals surface area contributed by atoms with E-state index in [-0.39, 0.29) is 11.7 Å². The summed E-state index contributed by atoms with van der Waals surface area (Å²) in [7, 11) is 0. The zero-order chi connectivity index (χ0) is 18.4. The lowest BCUT2D eigenvalue weighted by molar-refractivity contribution is 0.0965. The Morgan fingerprint density at radius 2 is 1.81 bits per heavy atom. The smallest absolute Gasteiger partial charge is 0.262 e. The summed E-state index contributed by atoms with van der Waals surface area (Å²) in [5.74, 6) is 0.0765. The predicted octanol–water partition coefficient (Wildman–Crippen LogP) is 5.28. The molecule has 0 radical (unpaired) electrons. The van der Waals surface area contributed by atoms with Crippen LogP contribution in [0.2, 0.25) is 0 Å². The molecule has 3 aromatic heterocycles. The van der Waals surface area contributed by atoms with Crippen molar-refractivity contribution in [3.05, 3.63) is 90.6 Å². The standard InChI is InChI=1S/C22H13FN2O2/c23-16-7-5-14(6-8-16)22(26)25-10-9-17-18(12-24-13-19(17)25)21-11-15-3-1-2-4-20(15)27-21/h1-13H. The van der Waals surface area contributed by atoms with E-state index < -0.39 is 0 Å². The topological polar surface area (TPSA) is 48.0 Å². The number of rotatable bonds is 2. The van der Waals surface area contributed by atoms with Gasteiger partial charge < -0.3 is 4.42 Å². The van der Waals surface area contributed by atoms with Gasteiger partial charge in [0.25, 0.3) is 5.91 Å². The molecule has 130 valence electrons. The lowest BCUT2D eigenvalue weighted by Gasteiger charge is -2.05. The molecule has 3 heterocycles. The average molecular weight is 356 g/mol. The monoisotopic (exact) mass is 356 g/mol. The highest BCUT2D eigenvalue weighted by atomic mass is 19.1. The van der Waals surface area contributed by atoms with Gasteiger partial charge in [-0.3, -0.25) is 14.3 Å². The molecule has 2 aromatic carbocycles. The molecule has 27 heavy (non-hydrogen) atoms. The summed E-state index contributed by atoms with van der Waals surface area (Å²) in [6.45, 7) is 0. The van der Waals surface area contributed by atoms with Gasteiger partial charge in [-0.25, -0.2) is 4.39 Å². The van der Waals surface area contributed by atoms with Crippen molar-refractivity contribution in [2.24, 2.45) is 0 Å². The molecule has 5 rings (SSSR count). The molecule has 0 aliphatic rings. The third-order valence-electron chi connectivity index (χ3n) is 4.62. The van der Waals surface area contributed by atoms with Gasteiger partial charge in [0.2, 0.25) is 0 Å². The first-order valence-electron chi connectivity index (χ1n) is 8.45. The Balaban J connectivity index is 1.64. The fourth-order valence-electron chi connectivity index (χ4n) is 3.28. The van der Waals surface area contributed by atoms with Crippen molar-refractivity contribution in [1.82, 2.24) is 9.55 Å². The number of pyridine rings is 1. The van der Waals surface area contributed by atoms with Crippen LogP contribution in [-0.4, -0.2) is 15.5 Å². The number of hydrogen-bond acceptors (Lipinski definition) is 3. The SMILES string of the molecule is O=C(c1ccc(F)cc1)n1ccc2c(-c3cc4ccccc4o3)cncc21. The van der Waals surface area contributed by atoms with E-state index in [1.807, 2.05) is 36.4 Å². The lowest BCUT2D eigenvalue weighted by Crippen LogP contribution is -2.10. The highest BCUT2D eigenvalue weighted by Crippen LogP contribution is 2.32. The molecule has 5 heteroatoms. The fraction of sp³-hybridized carbons (Fsp3) is 0. The minimum absolute atomic E-state index is 0.242. The van der Waals surface area contributed by atoms with Crippen LogP contribution in [0.5, 0.6) is 0 Å². The summed E-state index contributed by atoms with van der Waals surface area (Å²) in [6.07, 6.45) is 5.07. The number of hydrogen-bond donors (Lipinski definition) is 0. The molecule has 5 aromatic rings. The Bertz CT molecular complexity index is 1270. The van der Waals surface area contributed by atoms with E-state index in [0.717, 1.165) is 21.9 Å². The summed E-state index contributed by atoms with van der Waals surface area (Å²) in [5.41, 5.74) is 2.69. The van der Waals surface area contributed by atoms with Gasteiger partial charge in [0.05, 0.1) is 11.7 Å². The van der Waals surface area contributed by atoms with Gasteiger partial charge >= 0.3 is 0 Å². The van der Waals surface area contributed by atoms with Crippen molar-refractivity contribution < 1.29 is 13.6 Å². The van der Waals surface area contributed by atoms with E-state index in [0.29, 0.717) is 16.8 Å². The van der Waals surface area contributed by atoms with Crippen molar-refractivity contribution in [1.29, 1.82) is 0 Å². The molecule has 0 aliphatic heterocycles. The summed E-state index contributed by atoms with van der Waals surface area (Å²) in [4.78, 5) is 17.1. The van der Waals surface area contributed by atoms with Crippen molar-refractivity contribution >= 4 is 27.8 Å². The molecule has 0 fully saturated rings. The summed E-state index contributed by atoms with van der Waals surface area (Å²) < 4.78 is 20.6. The van der Waals surface area contributed by atoms with Crippen LogP contribution in [0.3, 0.4) is 0 Å². The quantitative estimate of drug-likeness (QED) is 0.432. The number of aromatic nitrogens is 2. The first-order chi connectivity index (χ1) is 13.2. The fourth-order valence-corrected chi connectivity index (χ4v) is 3.28. The van der Waals surface area contributed by atoms with Gasteiger partial charge in [-0.2, -0.15) is 0 Å². The minimum Gasteiger partial charge on any atom is -0.456 e. The van der Waals surface area contributed by atoms with E-state index in [9.17, 15) is 9.18 Å². The Hall–Kier alpha value is -3.73. The van der Waals surface area contributed by atoms with Crippen LogP contribution in [0, 0.1) is 5.82 Å². The largest absolute Gasteiger partial charge is 0.456 e. The number of halogens is 1. The Labute approximate surface area is 153 Å². The number of fused-ring (bicyclic) bond motifs is 2. The predicted molar refractivity (Wildman–Crippen MR) is 101 cm³/mol. The third-order valence-corrected chi connectivity index (χ3v) is 4.62. The number of nitrogens with zero attached hydrogens (tertiary/aromatic N) is 2. The lowest BCUT2D eigenvalue weighted by atomic mass is 10.1. The van der Waals surface area contributed by atoms with Gasteiger partial charge in [0, 0.05) is 34.3 Å². The molecule has 0 saturated heterocycles. The normalized spacial score (nSPS) is 11.3. The molecule has 0 aliphatic carbocycles. The maximum absolute atomic E-state index is 13.1. The van der Waals surface area contributed by atoms with Crippen molar-refractivity contribution in [2.45, 2.75) is 0 Å². The summed E-state index contributed by atoms with van der Waals surface area (Å²) in [5, 5.41) is 1.87. The zero-order valence-corrected chi connectivity index (χ0v) is 14.1. The number of carbonyl (C=O) groups is 1.